The van der Waals surface area contributed by atoms with E-state index >= 15 is 0 Å². The molecular formula is C22H29F3N4OS. The monoisotopic (exact) mass is 454 g/mol. The minimum atomic E-state index is -4.36. The van der Waals surface area contributed by atoms with Gasteiger partial charge in [-0.1, -0.05) is 37.1 Å². The molecule has 1 N–H and O–H groups in total. The molecule has 0 spiro atoms. The molecule has 2 aliphatic rings. The Bertz CT molecular complexity index is 846. The molecule has 2 heterocycles. The van der Waals surface area contributed by atoms with Crippen LogP contribution in [-0.4, -0.2) is 33.2 Å². The summed E-state index contributed by atoms with van der Waals surface area (Å²) in [6, 6.07) is 5.63. The minimum absolute atomic E-state index is 0.252. The molecule has 1 aromatic carbocycles. The third-order valence-electron chi connectivity index (χ3n) is 5.99. The number of ether oxygens (including phenoxy) is 1. The first kappa shape index (κ1) is 22.5. The highest BCUT2D eigenvalue weighted by molar-refractivity contribution is 7.99. The Morgan fingerprint density at radius 1 is 1.06 bits per heavy atom. The highest BCUT2D eigenvalue weighted by Crippen LogP contribution is 2.34. The van der Waals surface area contributed by atoms with Crippen molar-refractivity contribution >= 4 is 17.4 Å². The Hall–Kier alpha value is -1.74. The fourth-order valence-corrected chi connectivity index (χ4v) is 5.42. The van der Waals surface area contributed by atoms with Gasteiger partial charge in [-0.15, -0.1) is 10.2 Å². The maximum Gasteiger partial charge on any atom is 0.416 e. The smallest absolute Gasteiger partial charge is 0.378 e. The van der Waals surface area contributed by atoms with Crippen LogP contribution in [0.4, 0.5) is 18.9 Å². The summed E-state index contributed by atoms with van der Waals surface area (Å²) in [5, 5.41) is 12.9. The average molecular weight is 455 g/mol. The number of nitrogens with one attached hydrogen (secondary N) is 1. The van der Waals surface area contributed by atoms with Crippen LogP contribution in [-0.2, 0) is 17.5 Å². The average Bonchev–Trinajstić information content (AvgIpc) is 3.20. The summed E-state index contributed by atoms with van der Waals surface area (Å²) in [5.74, 6) is 1.63. The standard InChI is InChI=1S/C22H29F3N4OS/c23-22(24,25)16-7-6-8-17(13-16)26-14-20-27-28-21(29(20)18-9-2-1-3-10-18)31-15-19-11-4-5-12-30-19/h6-8,13,18-19,26H,1-5,9-12,14-15H2. The molecule has 1 aliphatic carbocycles. The zero-order chi connectivity index (χ0) is 21.7. The molecule has 1 unspecified atom stereocenters. The van der Waals surface area contributed by atoms with Gasteiger partial charge in [-0.3, -0.25) is 0 Å². The van der Waals surface area contributed by atoms with Crippen LogP contribution in [0.25, 0.3) is 0 Å². The minimum Gasteiger partial charge on any atom is -0.378 e. The molecular weight excluding hydrogens is 425 g/mol. The highest BCUT2D eigenvalue weighted by Gasteiger charge is 2.30. The third kappa shape index (κ3) is 5.94. The molecule has 0 amide bonds. The lowest BCUT2D eigenvalue weighted by Crippen LogP contribution is -2.22. The van der Waals surface area contributed by atoms with Crippen molar-refractivity contribution in [3.63, 3.8) is 0 Å². The predicted octanol–water partition coefficient (Wildman–Crippen LogP) is 6.08. The van der Waals surface area contributed by atoms with Gasteiger partial charge in [0.25, 0.3) is 0 Å². The van der Waals surface area contributed by atoms with Gasteiger partial charge in [-0.05, 0) is 50.3 Å². The van der Waals surface area contributed by atoms with E-state index in [0.29, 0.717) is 18.3 Å². The van der Waals surface area contributed by atoms with Crippen LogP contribution in [0.3, 0.4) is 0 Å². The Kier molecular flexibility index (Phi) is 7.43. The van der Waals surface area contributed by atoms with Crippen LogP contribution >= 0.6 is 11.8 Å². The lowest BCUT2D eigenvalue weighted by Gasteiger charge is -2.26. The van der Waals surface area contributed by atoms with Crippen molar-refractivity contribution in [2.24, 2.45) is 0 Å². The van der Waals surface area contributed by atoms with Gasteiger partial charge >= 0.3 is 6.18 Å². The summed E-state index contributed by atoms with van der Waals surface area (Å²) in [6.07, 6.45) is 5.08. The van der Waals surface area contributed by atoms with Crippen LogP contribution in [0.5, 0.6) is 0 Å². The van der Waals surface area contributed by atoms with E-state index in [2.05, 4.69) is 20.1 Å². The second-order valence-electron chi connectivity index (χ2n) is 8.29. The van der Waals surface area contributed by atoms with E-state index in [4.69, 9.17) is 4.74 Å². The summed E-state index contributed by atoms with van der Waals surface area (Å²) >= 11 is 1.68. The van der Waals surface area contributed by atoms with E-state index in [1.807, 2.05) is 0 Å². The maximum atomic E-state index is 13.0. The molecule has 2 aromatic rings. The number of halogens is 3. The second-order valence-corrected chi connectivity index (χ2v) is 9.28. The molecule has 1 aliphatic heterocycles. The topological polar surface area (TPSA) is 52.0 Å². The Morgan fingerprint density at radius 2 is 1.87 bits per heavy atom. The summed E-state index contributed by atoms with van der Waals surface area (Å²) in [4.78, 5) is 0. The summed E-state index contributed by atoms with van der Waals surface area (Å²) < 4.78 is 47.1. The third-order valence-corrected chi connectivity index (χ3v) is 7.06. The number of rotatable bonds is 7. The van der Waals surface area contributed by atoms with E-state index in [1.54, 1.807) is 17.8 Å². The highest BCUT2D eigenvalue weighted by atomic mass is 32.2. The van der Waals surface area contributed by atoms with Crippen LogP contribution in [0, 0.1) is 0 Å². The Balaban J connectivity index is 1.48. The zero-order valence-corrected chi connectivity index (χ0v) is 18.4. The molecule has 1 atom stereocenters. The van der Waals surface area contributed by atoms with Gasteiger partial charge in [0.2, 0.25) is 0 Å². The van der Waals surface area contributed by atoms with Gasteiger partial charge in [0.15, 0.2) is 11.0 Å². The molecule has 5 nitrogen and oxygen atoms in total. The lowest BCUT2D eigenvalue weighted by atomic mass is 9.95. The van der Waals surface area contributed by atoms with E-state index < -0.39 is 11.7 Å². The molecule has 0 radical (unpaired) electrons. The van der Waals surface area contributed by atoms with Crippen molar-refractivity contribution < 1.29 is 17.9 Å². The van der Waals surface area contributed by atoms with Gasteiger partial charge in [0, 0.05) is 24.1 Å². The van der Waals surface area contributed by atoms with E-state index in [0.717, 1.165) is 61.2 Å². The SMILES string of the molecule is FC(F)(F)c1cccc(NCc2nnc(SCC3CCCCO3)n2C2CCCCC2)c1. The normalized spacial score (nSPS) is 20.7. The fourth-order valence-electron chi connectivity index (χ4n) is 4.33. The maximum absolute atomic E-state index is 13.0. The number of alkyl halides is 3. The lowest BCUT2D eigenvalue weighted by molar-refractivity contribution is -0.137. The summed E-state index contributed by atoms with van der Waals surface area (Å²) in [6.45, 7) is 1.16. The van der Waals surface area contributed by atoms with Crippen molar-refractivity contribution in [3.8, 4) is 0 Å². The molecule has 4 rings (SSSR count). The number of aromatic nitrogens is 3. The second kappa shape index (κ2) is 10.3. The largest absolute Gasteiger partial charge is 0.416 e. The molecule has 0 bridgehead atoms. The Labute approximate surface area is 185 Å². The van der Waals surface area contributed by atoms with Crippen molar-refractivity contribution in [1.29, 1.82) is 0 Å². The molecule has 1 saturated carbocycles. The number of benzene rings is 1. The van der Waals surface area contributed by atoms with Gasteiger partial charge in [-0.25, -0.2) is 0 Å². The van der Waals surface area contributed by atoms with Crippen molar-refractivity contribution in [1.82, 2.24) is 14.8 Å². The molecule has 31 heavy (non-hydrogen) atoms. The van der Waals surface area contributed by atoms with Crippen LogP contribution in [0.1, 0.15) is 68.8 Å². The fraction of sp³-hybridized carbons (Fsp3) is 0.636. The van der Waals surface area contributed by atoms with Crippen molar-refractivity contribution in [3.05, 3.63) is 35.7 Å². The first-order valence-electron chi connectivity index (χ1n) is 11.1. The summed E-state index contributed by atoms with van der Waals surface area (Å²) in [7, 11) is 0. The van der Waals surface area contributed by atoms with E-state index in [1.165, 1.54) is 31.7 Å². The number of nitrogens with zero attached hydrogens (tertiary/aromatic N) is 3. The van der Waals surface area contributed by atoms with Gasteiger partial charge in [-0.2, -0.15) is 13.2 Å². The first-order valence-corrected chi connectivity index (χ1v) is 12.1. The van der Waals surface area contributed by atoms with Crippen LogP contribution in [0.2, 0.25) is 0 Å². The van der Waals surface area contributed by atoms with Gasteiger partial charge < -0.3 is 14.6 Å². The number of anilines is 1. The van der Waals surface area contributed by atoms with Gasteiger partial charge in [0.05, 0.1) is 18.2 Å². The van der Waals surface area contributed by atoms with Crippen LogP contribution < -0.4 is 5.32 Å². The number of hydrogen-bond acceptors (Lipinski definition) is 5. The zero-order valence-electron chi connectivity index (χ0n) is 17.5. The number of hydrogen-bond donors (Lipinski definition) is 1. The Morgan fingerprint density at radius 3 is 2.61 bits per heavy atom. The van der Waals surface area contributed by atoms with Crippen LogP contribution in [0.15, 0.2) is 29.4 Å². The first-order chi connectivity index (χ1) is 15.0. The van der Waals surface area contributed by atoms with E-state index in [-0.39, 0.29) is 6.10 Å². The number of thioether (sulfide) groups is 1. The predicted molar refractivity (Wildman–Crippen MR) is 115 cm³/mol. The quantitative estimate of drug-likeness (QED) is 0.514. The van der Waals surface area contributed by atoms with E-state index in [9.17, 15) is 13.2 Å². The van der Waals surface area contributed by atoms with Crippen molar-refractivity contribution in [2.45, 2.75) is 81.4 Å². The molecule has 1 aromatic heterocycles. The summed E-state index contributed by atoms with van der Waals surface area (Å²) in [5.41, 5.74) is -0.229. The van der Waals surface area contributed by atoms with Crippen molar-refractivity contribution in [2.75, 3.05) is 17.7 Å². The molecule has 2 fully saturated rings. The molecule has 9 heteroatoms. The van der Waals surface area contributed by atoms with Gasteiger partial charge in [0.1, 0.15) is 0 Å². The molecule has 170 valence electrons. The molecule has 1 saturated heterocycles.